The lowest BCUT2D eigenvalue weighted by Crippen LogP contribution is -2.37. The third-order valence-corrected chi connectivity index (χ3v) is 1.95. The van der Waals surface area contributed by atoms with E-state index in [2.05, 4.69) is 0 Å². The first-order chi connectivity index (χ1) is 7.49. The zero-order chi connectivity index (χ0) is 11.9. The second-order valence-electron chi connectivity index (χ2n) is 3.05. The van der Waals surface area contributed by atoms with Crippen LogP contribution in [0.25, 0.3) is 11.0 Å². The van der Waals surface area contributed by atoms with Crippen molar-refractivity contribution in [2.75, 3.05) is 0 Å². The molecule has 0 fully saturated rings. The maximum atomic E-state index is 13.2. The molecule has 1 heterocycles. The van der Waals surface area contributed by atoms with Gasteiger partial charge >= 0.3 is 16.5 Å². The monoisotopic (exact) mass is 226 g/mol. The third kappa shape index (κ3) is 1.52. The quantitative estimate of drug-likeness (QED) is 0.613. The van der Waals surface area contributed by atoms with Gasteiger partial charge in [0.25, 0.3) is 0 Å². The normalized spacial score (nSPS) is 10.6. The van der Waals surface area contributed by atoms with E-state index in [-0.39, 0.29) is 5.52 Å². The van der Waals surface area contributed by atoms with Crippen molar-refractivity contribution >= 4 is 11.0 Å². The molecule has 0 aliphatic heterocycles. The van der Waals surface area contributed by atoms with Crippen LogP contribution in [-0.2, 0) is 0 Å². The average Bonchev–Trinajstić information content (AvgIpc) is 2.29. The zero-order valence-electron chi connectivity index (χ0n) is 7.64. The molecular weight excluding hydrogens is 222 g/mol. The minimum absolute atomic E-state index is 0.290. The van der Waals surface area contributed by atoms with Crippen molar-refractivity contribution in [2.24, 2.45) is 0 Å². The predicted molar refractivity (Wildman–Crippen MR) is 51.4 cm³/mol. The smallest absolute Gasteiger partial charge is 0.307 e. The van der Waals surface area contributed by atoms with Gasteiger partial charge in [0.1, 0.15) is 11.3 Å². The summed E-state index contributed by atoms with van der Waals surface area (Å²) in [6.07, 6.45) is 0. The Bertz CT molecular complexity index is 748. The van der Waals surface area contributed by atoms with Crippen LogP contribution in [-0.4, -0.2) is 9.97 Å². The van der Waals surface area contributed by atoms with E-state index >= 15 is 0 Å². The van der Waals surface area contributed by atoms with Crippen molar-refractivity contribution in [3.05, 3.63) is 54.7 Å². The molecule has 0 aliphatic carbocycles. The zero-order valence-corrected chi connectivity index (χ0v) is 7.64. The molecule has 0 atom stereocenters. The van der Waals surface area contributed by atoms with Crippen LogP contribution in [0, 0.1) is 11.6 Å². The molecule has 7 heteroatoms. The molecule has 0 spiro atoms. The van der Waals surface area contributed by atoms with E-state index < -0.39 is 33.7 Å². The largest absolute Gasteiger partial charge is 0.317 e. The molecule has 0 saturated heterocycles. The third-order valence-electron chi connectivity index (χ3n) is 1.95. The summed E-state index contributed by atoms with van der Waals surface area (Å²) in [4.78, 5) is 36.9. The fourth-order valence-corrected chi connectivity index (χ4v) is 1.25. The highest BCUT2D eigenvalue weighted by Crippen LogP contribution is 2.12. The molecule has 2 N–H and O–H groups in total. The van der Waals surface area contributed by atoms with Gasteiger partial charge in [-0.25, -0.2) is 8.78 Å². The number of rotatable bonds is 0. The Hall–Kier alpha value is -2.31. The highest BCUT2D eigenvalue weighted by atomic mass is 19.1. The van der Waals surface area contributed by atoms with Crippen LogP contribution >= 0.6 is 0 Å². The second-order valence-corrected chi connectivity index (χ2v) is 3.05. The van der Waals surface area contributed by atoms with Crippen LogP contribution in [0.3, 0.4) is 0 Å². The minimum atomic E-state index is -1.36. The molecule has 82 valence electrons. The van der Waals surface area contributed by atoms with Crippen LogP contribution in [0.1, 0.15) is 0 Å². The maximum absolute atomic E-state index is 13.2. The summed E-state index contributed by atoms with van der Waals surface area (Å²) in [5.74, 6) is -2.00. The van der Waals surface area contributed by atoms with Crippen molar-refractivity contribution in [2.45, 2.75) is 0 Å². The highest BCUT2D eigenvalue weighted by molar-refractivity contribution is 5.73. The lowest BCUT2D eigenvalue weighted by atomic mass is 10.3. The molecule has 1 aromatic heterocycles. The van der Waals surface area contributed by atoms with Gasteiger partial charge in [0, 0.05) is 6.07 Å². The number of fused-ring (bicyclic) bond motifs is 1. The van der Waals surface area contributed by atoms with E-state index in [4.69, 9.17) is 0 Å². The molecule has 2 aromatic rings. The molecule has 0 unspecified atom stereocenters. The van der Waals surface area contributed by atoms with Crippen LogP contribution < -0.4 is 16.5 Å². The molecule has 0 radical (unpaired) electrons. The lowest BCUT2D eigenvalue weighted by Gasteiger charge is -1.94. The maximum Gasteiger partial charge on any atom is 0.307 e. The summed E-state index contributed by atoms with van der Waals surface area (Å²) in [7, 11) is 0. The van der Waals surface area contributed by atoms with Crippen molar-refractivity contribution in [3.63, 3.8) is 0 Å². The van der Waals surface area contributed by atoms with E-state index in [1.165, 1.54) is 0 Å². The number of hydrogen-bond acceptors (Lipinski definition) is 3. The molecule has 16 heavy (non-hydrogen) atoms. The van der Waals surface area contributed by atoms with E-state index in [0.717, 1.165) is 6.07 Å². The first-order valence-corrected chi connectivity index (χ1v) is 4.15. The molecular formula is C9H4F2N2O3. The van der Waals surface area contributed by atoms with Crippen molar-refractivity contribution in [1.82, 2.24) is 9.97 Å². The Morgan fingerprint density at radius 2 is 1.56 bits per heavy atom. The molecule has 0 bridgehead atoms. The minimum Gasteiger partial charge on any atom is -0.317 e. The average molecular weight is 226 g/mol. The summed E-state index contributed by atoms with van der Waals surface area (Å²) < 4.78 is 26.0. The van der Waals surface area contributed by atoms with Crippen molar-refractivity contribution in [3.8, 4) is 0 Å². The van der Waals surface area contributed by atoms with E-state index in [9.17, 15) is 23.2 Å². The molecule has 0 amide bonds. The number of aromatic amines is 2. The molecule has 1 aromatic carbocycles. The van der Waals surface area contributed by atoms with Gasteiger partial charge in [-0.05, 0) is 6.07 Å². The predicted octanol–water partition coefficient (Wildman–Crippen LogP) is -0.145. The van der Waals surface area contributed by atoms with Crippen LogP contribution in [0.2, 0.25) is 0 Å². The number of halogens is 2. The standard InChI is InChI=1S/C9H4F2N2O3/c10-3-1-4(11)6-5(2-3)12-8(15)7(14)9(16)13-6/h1-2H,(H2,12,13,14,15,16). The SMILES string of the molecule is O=c1[nH]c2cc(F)cc(F)c2[nH]c(=O)c1=O. The Morgan fingerprint density at radius 1 is 0.938 bits per heavy atom. The van der Waals surface area contributed by atoms with E-state index in [1.807, 2.05) is 9.97 Å². The Labute approximate surface area is 85.4 Å². The summed E-state index contributed by atoms with van der Waals surface area (Å²) in [6, 6.07) is 1.33. The highest BCUT2D eigenvalue weighted by Gasteiger charge is 2.07. The molecule has 5 nitrogen and oxygen atoms in total. The lowest BCUT2D eigenvalue weighted by molar-refractivity contribution is 0.590. The van der Waals surface area contributed by atoms with Gasteiger partial charge in [0.05, 0.1) is 5.52 Å². The van der Waals surface area contributed by atoms with Crippen molar-refractivity contribution < 1.29 is 8.78 Å². The fourth-order valence-electron chi connectivity index (χ4n) is 1.25. The second kappa shape index (κ2) is 3.37. The van der Waals surface area contributed by atoms with Gasteiger partial charge in [-0.2, -0.15) is 0 Å². The number of H-pyrrole nitrogens is 2. The number of benzene rings is 1. The van der Waals surface area contributed by atoms with Crippen LogP contribution in [0.5, 0.6) is 0 Å². The van der Waals surface area contributed by atoms with Gasteiger partial charge in [0.2, 0.25) is 0 Å². The summed E-state index contributed by atoms with van der Waals surface area (Å²) in [5, 5.41) is 0. The summed E-state index contributed by atoms with van der Waals surface area (Å²) in [6.45, 7) is 0. The number of nitrogens with one attached hydrogen (secondary N) is 2. The Kier molecular flexibility index (Phi) is 2.15. The Morgan fingerprint density at radius 3 is 2.25 bits per heavy atom. The number of hydrogen-bond donors (Lipinski definition) is 2. The van der Waals surface area contributed by atoms with Gasteiger partial charge in [-0.3, -0.25) is 14.4 Å². The molecule has 0 saturated carbocycles. The first kappa shape index (κ1) is 10.2. The topological polar surface area (TPSA) is 82.8 Å². The summed E-state index contributed by atoms with van der Waals surface area (Å²) >= 11 is 0. The van der Waals surface area contributed by atoms with Crippen LogP contribution in [0.4, 0.5) is 8.78 Å². The van der Waals surface area contributed by atoms with E-state index in [0.29, 0.717) is 6.07 Å². The number of aromatic nitrogens is 2. The fraction of sp³-hybridized carbons (Fsp3) is 0. The first-order valence-electron chi connectivity index (χ1n) is 4.15. The Balaban J connectivity index is 3.19. The van der Waals surface area contributed by atoms with Gasteiger partial charge in [0.15, 0.2) is 5.82 Å². The van der Waals surface area contributed by atoms with E-state index in [1.54, 1.807) is 0 Å². The van der Waals surface area contributed by atoms with Gasteiger partial charge in [-0.15, -0.1) is 0 Å². The van der Waals surface area contributed by atoms with Gasteiger partial charge in [-0.1, -0.05) is 0 Å². The van der Waals surface area contributed by atoms with Gasteiger partial charge < -0.3 is 9.97 Å². The van der Waals surface area contributed by atoms with Crippen LogP contribution in [0.15, 0.2) is 26.5 Å². The van der Waals surface area contributed by atoms with Crippen molar-refractivity contribution in [1.29, 1.82) is 0 Å². The summed E-state index contributed by atoms with van der Waals surface area (Å²) in [5.41, 5.74) is -4.58. The molecule has 2 rings (SSSR count). The molecule has 0 aliphatic rings.